The molecule has 3 N–H and O–H groups in total. The largest absolute Gasteiger partial charge is 0.508 e. The molecule has 0 saturated heterocycles. The van der Waals surface area contributed by atoms with Crippen LogP contribution in [0.25, 0.3) is 0 Å². The molecule has 0 spiro atoms. The van der Waals surface area contributed by atoms with Gasteiger partial charge >= 0.3 is 5.97 Å². The quantitative estimate of drug-likeness (QED) is 0.651. The third-order valence-electron chi connectivity index (χ3n) is 1.82. The molecule has 1 amide bonds. The molecule has 0 aliphatic rings. The molecule has 1 aromatic rings. The lowest BCUT2D eigenvalue weighted by Gasteiger charge is -2.04. The Morgan fingerprint density at radius 1 is 1.25 bits per heavy atom. The molecule has 5 nitrogen and oxygen atoms in total. The summed E-state index contributed by atoms with van der Waals surface area (Å²) >= 11 is 0. The normalized spacial score (nSPS) is 10.2. The molecule has 0 heterocycles. The second kappa shape index (κ2) is 5.55. The van der Waals surface area contributed by atoms with Crippen molar-refractivity contribution in [1.29, 1.82) is 0 Å². The van der Waals surface area contributed by atoms with Gasteiger partial charge in [-0.2, -0.15) is 0 Å². The minimum atomic E-state index is -1.18. The van der Waals surface area contributed by atoms with E-state index in [4.69, 9.17) is 5.11 Å². The fourth-order valence-electron chi connectivity index (χ4n) is 1.05. The number of nitrogens with one attached hydrogen (secondary N) is 1. The standard InChI is InChI=1S/C11H11NO4/c13-9-4-2-1-3-8(9)7-12-10(14)5-6-11(15)16/h1-6,13H,7H2,(H,12,14)(H,15,16)/b6-5+. The number of phenolic OH excluding ortho intramolecular Hbond substituents is 1. The zero-order valence-electron chi connectivity index (χ0n) is 8.38. The Balaban J connectivity index is 2.49. The minimum Gasteiger partial charge on any atom is -0.508 e. The van der Waals surface area contributed by atoms with E-state index in [9.17, 15) is 14.7 Å². The van der Waals surface area contributed by atoms with Gasteiger partial charge in [0.15, 0.2) is 0 Å². The molecule has 16 heavy (non-hydrogen) atoms. The van der Waals surface area contributed by atoms with E-state index in [0.29, 0.717) is 5.56 Å². The summed E-state index contributed by atoms with van der Waals surface area (Å²) in [6.45, 7) is 0.148. The van der Waals surface area contributed by atoms with Crippen LogP contribution in [0.4, 0.5) is 0 Å². The Morgan fingerprint density at radius 2 is 1.94 bits per heavy atom. The molecule has 0 bridgehead atoms. The predicted molar refractivity (Wildman–Crippen MR) is 56.7 cm³/mol. The van der Waals surface area contributed by atoms with Crippen LogP contribution in [-0.2, 0) is 16.1 Å². The molecule has 0 atom stereocenters. The van der Waals surface area contributed by atoms with Crippen molar-refractivity contribution >= 4 is 11.9 Å². The van der Waals surface area contributed by atoms with Crippen LogP contribution < -0.4 is 5.32 Å². The van der Waals surface area contributed by atoms with Gasteiger partial charge in [0.2, 0.25) is 5.91 Å². The molecule has 1 aromatic carbocycles. The van der Waals surface area contributed by atoms with Gasteiger partial charge in [0.1, 0.15) is 5.75 Å². The zero-order valence-corrected chi connectivity index (χ0v) is 8.38. The molecule has 0 radical (unpaired) electrons. The van der Waals surface area contributed by atoms with Crippen LogP contribution in [0.5, 0.6) is 5.75 Å². The molecule has 0 saturated carbocycles. The Bertz CT molecular complexity index is 426. The fraction of sp³-hybridized carbons (Fsp3) is 0.0909. The van der Waals surface area contributed by atoms with E-state index in [1.807, 2.05) is 0 Å². The van der Waals surface area contributed by atoms with E-state index in [1.54, 1.807) is 18.2 Å². The summed E-state index contributed by atoms with van der Waals surface area (Å²) in [5, 5.41) is 20.1. The number of carbonyl (C=O) groups is 2. The van der Waals surface area contributed by atoms with Gasteiger partial charge < -0.3 is 15.5 Å². The van der Waals surface area contributed by atoms with Crippen molar-refractivity contribution in [2.45, 2.75) is 6.54 Å². The summed E-state index contributed by atoms with van der Waals surface area (Å²) in [5.41, 5.74) is 0.569. The van der Waals surface area contributed by atoms with Crippen LogP contribution in [0.3, 0.4) is 0 Å². The van der Waals surface area contributed by atoms with Crippen molar-refractivity contribution in [2.75, 3.05) is 0 Å². The first-order chi connectivity index (χ1) is 7.59. The van der Waals surface area contributed by atoms with Crippen LogP contribution in [0.1, 0.15) is 5.56 Å². The molecule has 0 unspecified atom stereocenters. The van der Waals surface area contributed by atoms with Gasteiger partial charge in [-0.15, -0.1) is 0 Å². The van der Waals surface area contributed by atoms with Gasteiger partial charge in [-0.3, -0.25) is 4.79 Å². The SMILES string of the molecule is O=C(O)/C=C/C(=O)NCc1ccccc1O. The van der Waals surface area contributed by atoms with Crippen molar-refractivity contribution < 1.29 is 19.8 Å². The number of carboxylic acid groups (broad SMARTS) is 1. The van der Waals surface area contributed by atoms with E-state index in [1.165, 1.54) is 6.07 Å². The number of carbonyl (C=O) groups excluding carboxylic acids is 1. The fourth-order valence-corrected chi connectivity index (χ4v) is 1.05. The Morgan fingerprint density at radius 3 is 2.56 bits per heavy atom. The zero-order chi connectivity index (χ0) is 12.0. The third kappa shape index (κ3) is 3.83. The molecule has 0 fully saturated rings. The first kappa shape index (κ1) is 11.8. The predicted octanol–water partition coefficient (Wildman–Crippen LogP) is 0.649. The maximum Gasteiger partial charge on any atom is 0.328 e. The molecular weight excluding hydrogens is 210 g/mol. The van der Waals surface area contributed by atoms with Gasteiger partial charge in [0.25, 0.3) is 0 Å². The lowest BCUT2D eigenvalue weighted by atomic mass is 10.2. The number of carboxylic acids is 1. The minimum absolute atomic E-state index is 0.0880. The number of hydrogen-bond acceptors (Lipinski definition) is 3. The van der Waals surface area contributed by atoms with Gasteiger partial charge in [-0.1, -0.05) is 18.2 Å². The number of rotatable bonds is 4. The Kier molecular flexibility index (Phi) is 4.08. The van der Waals surface area contributed by atoms with Crippen molar-refractivity contribution in [3.63, 3.8) is 0 Å². The summed E-state index contributed by atoms with van der Waals surface area (Å²) in [5.74, 6) is -1.62. The summed E-state index contributed by atoms with van der Waals surface area (Å²) in [4.78, 5) is 21.2. The first-order valence-corrected chi connectivity index (χ1v) is 4.55. The molecule has 1 rings (SSSR count). The highest BCUT2D eigenvalue weighted by Crippen LogP contribution is 2.14. The average molecular weight is 221 g/mol. The third-order valence-corrected chi connectivity index (χ3v) is 1.82. The van der Waals surface area contributed by atoms with Crippen LogP contribution in [-0.4, -0.2) is 22.1 Å². The lowest BCUT2D eigenvalue weighted by Crippen LogP contribution is -2.20. The van der Waals surface area contributed by atoms with Gasteiger partial charge in [-0.25, -0.2) is 4.79 Å². The van der Waals surface area contributed by atoms with Gasteiger partial charge in [0, 0.05) is 24.3 Å². The van der Waals surface area contributed by atoms with Crippen molar-refractivity contribution in [3.05, 3.63) is 42.0 Å². The second-order valence-electron chi connectivity index (χ2n) is 3.02. The highest BCUT2D eigenvalue weighted by Gasteiger charge is 2.01. The van der Waals surface area contributed by atoms with Crippen LogP contribution in [0, 0.1) is 0 Å². The summed E-state index contributed by atoms with van der Waals surface area (Å²) in [6, 6.07) is 6.57. The number of hydrogen-bond donors (Lipinski definition) is 3. The van der Waals surface area contributed by atoms with Gasteiger partial charge in [0.05, 0.1) is 0 Å². The second-order valence-corrected chi connectivity index (χ2v) is 3.02. The maximum absolute atomic E-state index is 11.1. The summed E-state index contributed by atoms with van der Waals surface area (Å²) in [6.07, 6.45) is 1.67. The topological polar surface area (TPSA) is 86.6 Å². The molecular formula is C11H11NO4. The van der Waals surface area contributed by atoms with E-state index in [0.717, 1.165) is 12.2 Å². The van der Waals surface area contributed by atoms with Crippen LogP contribution >= 0.6 is 0 Å². The van der Waals surface area contributed by atoms with Crippen molar-refractivity contribution in [2.24, 2.45) is 0 Å². The molecule has 0 aliphatic heterocycles. The molecule has 0 aromatic heterocycles. The number of aliphatic carboxylic acids is 1. The number of para-hydroxylation sites is 1. The van der Waals surface area contributed by atoms with Crippen molar-refractivity contribution in [1.82, 2.24) is 5.32 Å². The maximum atomic E-state index is 11.1. The average Bonchev–Trinajstić information content (AvgIpc) is 2.25. The number of phenols is 1. The van der Waals surface area contributed by atoms with Crippen LogP contribution in [0.15, 0.2) is 36.4 Å². The Hall–Kier alpha value is -2.30. The lowest BCUT2D eigenvalue weighted by molar-refractivity contribution is -0.131. The number of benzene rings is 1. The number of aromatic hydroxyl groups is 1. The summed E-state index contributed by atoms with van der Waals surface area (Å²) in [7, 11) is 0. The molecule has 84 valence electrons. The highest BCUT2D eigenvalue weighted by molar-refractivity contribution is 5.93. The smallest absolute Gasteiger partial charge is 0.328 e. The van der Waals surface area contributed by atoms with Gasteiger partial charge in [-0.05, 0) is 6.07 Å². The highest BCUT2D eigenvalue weighted by atomic mass is 16.4. The van der Waals surface area contributed by atoms with E-state index in [2.05, 4.69) is 5.32 Å². The van der Waals surface area contributed by atoms with Crippen molar-refractivity contribution in [3.8, 4) is 5.75 Å². The molecule has 5 heteroatoms. The van der Waals surface area contributed by atoms with E-state index >= 15 is 0 Å². The van der Waals surface area contributed by atoms with E-state index in [-0.39, 0.29) is 12.3 Å². The molecule has 0 aliphatic carbocycles. The van der Waals surface area contributed by atoms with Crippen LogP contribution in [0.2, 0.25) is 0 Å². The number of amides is 1. The monoisotopic (exact) mass is 221 g/mol. The van der Waals surface area contributed by atoms with E-state index < -0.39 is 11.9 Å². The summed E-state index contributed by atoms with van der Waals surface area (Å²) < 4.78 is 0. The first-order valence-electron chi connectivity index (χ1n) is 4.55. The Labute approximate surface area is 92.0 Å².